The second-order valence-electron chi connectivity index (χ2n) is 8.47. The van der Waals surface area contributed by atoms with Gasteiger partial charge in [0, 0.05) is 31.4 Å². The summed E-state index contributed by atoms with van der Waals surface area (Å²) in [7, 11) is 0. The van der Waals surface area contributed by atoms with Crippen LogP contribution in [0.15, 0.2) is 53.7 Å². The van der Waals surface area contributed by atoms with Gasteiger partial charge in [0.15, 0.2) is 0 Å². The average molecular weight is 491 g/mol. The van der Waals surface area contributed by atoms with Gasteiger partial charge in [-0.15, -0.1) is 0 Å². The van der Waals surface area contributed by atoms with E-state index in [-0.39, 0.29) is 18.2 Å². The quantitative estimate of drug-likeness (QED) is 0.262. The third kappa shape index (κ3) is 13.1. The lowest BCUT2D eigenvalue weighted by Crippen LogP contribution is -2.48. The average Bonchev–Trinajstić information content (AvgIpc) is 2.82. The Hall–Kier alpha value is -2.67. The first-order chi connectivity index (χ1) is 16.7. The molecule has 1 saturated heterocycles. The molecule has 0 saturated carbocycles. The fourth-order valence-electron chi connectivity index (χ4n) is 3.59. The molecule has 35 heavy (non-hydrogen) atoms. The van der Waals surface area contributed by atoms with Crippen molar-refractivity contribution in [3.8, 4) is 5.75 Å². The molecule has 0 spiro atoms. The molecule has 1 heterocycles. The lowest BCUT2D eigenvalue weighted by molar-refractivity contribution is 0.0994. The van der Waals surface area contributed by atoms with Gasteiger partial charge in [-0.05, 0) is 78.2 Å². The van der Waals surface area contributed by atoms with E-state index >= 15 is 0 Å². The molecule has 2 rings (SSSR count). The zero-order valence-corrected chi connectivity index (χ0v) is 22.9. The lowest BCUT2D eigenvalue weighted by Gasteiger charge is -2.40. The van der Waals surface area contributed by atoms with E-state index < -0.39 is 12.2 Å². The van der Waals surface area contributed by atoms with E-state index in [0.29, 0.717) is 0 Å². The Bertz CT molecular complexity index is 789. The van der Waals surface area contributed by atoms with Crippen LogP contribution in [-0.4, -0.2) is 53.1 Å². The monoisotopic (exact) mass is 490 g/mol. The molecular formula is C28H47FN4O2. The van der Waals surface area contributed by atoms with Gasteiger partial charge in [-0.3, -0.25) is 9.80 Å². The molecule has 0 aliphatic carbocycles. The predicted octanol–water partition coefficient (Wildman–Crippen LogP) is 6.72. The molecule has 0 radical (unpaired) electrons. The van der Waals surface area contributed by atoms with Gasteiger partial charge in [0.2, 0.25) is 0 Å². The summed E-state index contributed by atoms with van der Waals surface area (Å²) in [6.45, 7) is 17.2. The highest BCUT2D eigenvalue weighted by Crippen LogP contribution is 2.26. The number of aliphatic imine (C=N–C) groups is 1. The van der Waals surface area contributed by atoms with Crippen LogP contribution in [0, 0.1) is 0 Å². The summed E-state index contributed by atoms with van der Waals surface area (Å²) in [6, 6.07) is 7.92. The molecule has 198 valence electrons. The second-order valence-corrected chi connectivity index (χ2v) is 8.47. The number of carbonyl (C=O) groups excluding carboxylic acids is 1. The molecule has 1 fully saturated rings. The van der Waals surface area contributed by atoms with E-state index in [1.165, 1.54) is 29.7 Å². The number of carbonyl (C=O) groups is 1. The van der Waals surface area contributed by atoms with Crippen LogP contribution >= 0.6 is 0 Å². The molecule has 0 bridgehead atoms. The number of nitrogens with two attached hydrogens (primary N) is 1. The topological polar surface area (TPSA) is 71.2 Å². The molecule has 7 heteroatoms. The molecule has 0 aromatic heterocycles. The number of ether oxygens (including phenoxy) is 1. The van der Waals surface area contributed by atoms with Crippen molar-refractivity contribution in [2.45, 2.75) is 99.1 Å². The summed E-state index contributed by atoms with van der Waals surface area (Å²) in [5, 5.41) is 0. The molecule has 1 aliphatic heterocycles. The van der Waals surface area contributed by atoms with Crippen LogP contribution in [0.25, 0.3) is 0 Å². The minimum Gasteiger partial charge on any atom is -0.491 e. The molecule has 3 unspecified atom stereocenters. The third-order valence-electron chi connectivity index (χ3n) is 5.29. The lowest BCUT2D eigenvalue weighted by atomic mass is 9.96. The zero-order valence-electron chi connectivity index (χ0n) is 22.9. The molecule has 1 aromatic carbocycles. The number of alkyl halides is 1. The first-order valence-electron chi connectivity index (χ1n) is 12.7. The molecule has 3 atom stereocenters. The van der Waals surface area contributed by atoms with Crippen molar-refractivity contribution in [1.82, 2.24) is 9.80 Å². The summed E-state index contributed by atoms with van der Waals surface area (Å²) < 4.78 is 19.1. The maximum absolute atomic E-state index is 13.3. The molecule has 2 N–H and O–H groups in total. The number of piperidine rings is 1. The van der Waals surface area contributed by atoms with Gasteiger partial charge in [-0.1, -0.05) is 38.1 Å². The van der Waals surface area contributed by atoms with E-state index in [9.17, 15) is 9.18 Å². The summed E-state index contributed by atoms with van der Waals surface area (Å²) in [5.41, 5.74) is 6.47. The number of allylic oxidation sites excluding steroid dienone is 3. The van der Waals surface area contributed by atoms with Crippen molar-refractivity contribution < 1.29 is 13.9 Å². The molecular weight excluding hydrogens is 443 g/mol. The van der Waals surface area contributed by atoms with Crippen LogP contribution in [0.4, 0.5) is 9.18 Å². The second kappa shape index (κ2) is 18.6. The Kier molecular flexibility index (Phi) is 17.2. The number of rotatable bonds is 7. The number of hydrogen-bond acceptors (Lipinski definition) is 3. The standard InChI is InChI=1S/C22H33FN4O2.C4H8.C2H6/c1-16(2)29-21-7-5-6-19(13-21)14-26-10-9-20(12-18(26)4)27(11-8-17(3)23)22(28)25-15-24;1-3-4-2;1-2/h5-8,11,13,15-18,20H,9-10,12,14H2,1-4H3,(H2,24,25,28);3-4H,1-2H3;1-2H3/b11-8+;4-3-;. The van der Waals surface area contributed by atoms with Crippen molar-refractivity contribution in [2.24, 2.45) is 10.7 Å². The first-order valence-corrected chi connectivity index (χ1v) is 12.7. The van der Waals surface area contributed by atoms with E-state index in [1.807, 2.05) is 65.8 Å². The minimum atomic E-state index is -1.13. The number of amides is 2. The smallest absolute Gasteiger partial charge is 0.349 e. The highest BCUT2D eigenvalue weighted by Gasteiger charge is 2.30. The van der Waals surface area contributed by atoms with Gasteiger partial charge in [0.1, 0.15) is 11.9 Å². The van der Waals surface area contributed by atoms with Crippen LogP contribution in [0.1, 0.15) is 73.8 Å². The van der Waals surface area contributed by atoms with E-state index in [0.717, 1.165) is 38.0 Å². The van der Waals surface area contributed by atoms with Crippen LogP contribution in [0.3, 0.4) is 0 Å². The first kappa shape index (κ1) is 32.3. The number of halogens is 1. The van der Waals surface area contributed by atoms with Crippen LogP contribution in [0.5, 0.6) is 5.75 Å². The predicted molar refractivity (Wildman–Crippen MR) is 147 cm³/mol. The number of hydrogen-bond donors (Lipinski definition) is 1. The highest BCUT2D eigenvalue weighted by atomic mass is 19.1. The normalized spacial score (nSPS) is 19.3. The van der Waals surface area contributed by atoms with Crippen molar-refractivity contribution in [2.75, 3.05) is 6.54 Å². The largest absolute Gasteiger partial charge is 0.491 e. The molecule has 1 aromatic rings. The Morgan fingerprint density at radius 2 is 1.94 bits per heavy atom. The van der Waals surface area contributed by atoms with E-state index in [2.05, 4.69) is 28.9 Å². The summed E-state index contributed by atoms with van der Waals surface area (Å²) >= 11 is 0. The van der Waals surface area contributed by atoms with Gasteiger partial charge in [0.05, 0.1) is 12.4 Å². The van der Waals surface area contributed by atoms with Crippen molar-refractivity contribution in [3.05, 3.63) is 54.3 Å². The van der Waals surface area contributed by atoms with Crippen LogP contribution in [-0.2, 0) is 6.54 Å². The zero-order chi connectivity index (χ0) is 26.8. The number of nitrogens with zero attached hydrogens (tertiary/aromatic N) is 3. The van der Waals surface area contributed by atoms with Crippen molar-refractivity contribution in [1.29, 1.82) is 0 Å². The molecule has 1 aliphatic rings. The number of urea groups is 1. The molecule has 2 amide bonds. The van der Waals surface area contributed by atoms with E-state index in [1.54, 1.807) is 0 Å². The van der Waals surface area contributed by atoms with Gasteiger partial charge >= 0.3 is 6.03 Å². The van der Waals surface area contributed by atoms with Crippen LogP contribution < -0.4 is 10.5 Å². The van der Waals surface area contributed by atoms with Crippen LogP contribution in [0.2, 0.25) is 0 Å². The molecule has 6 nitrogen and oxygen atoms in total. The minimum absolute atomic E-state index is 0.0388. The van der Waals surface area contributed by atoms with Gasteiger partial charge in [0.25, 0.3) is 0 Å². The Morgan fingerprint density at radius 1 is 1.29 bits per heavy atom. The maximum atomic E-state index is 13.3. The SMILES string of the molecule is C/C=C\C.CC.CC(F)/C=C/N(C(=O)/N=C/N)C1CCN(Cc2cccc(OC(C)C)c2)C(C)C1. The fraction of sp³-hybridized carbons (Fsp3) is 0.571. The van der Waals surface area contributed by atoms with Gasteiger partial charge < -0.3 is 10.5 Å². The third-order valence-corrected chi connectivity index (χ3v) is 5.29. The fourth-order valence-corrected chi connectivity index (χ4v) is 3.59. The Labute approximate surface area is 212 Å². The highest BCUT2D eigenvalue weighted by molar-refractivity contribution is 5.83. The number of benzene rings is 1. The Morgan fingerprint density at radius 3 is 2.46 bits per heavy atom. The summed E-state index contributed by atoms with van der Waals surface area (Å²) in [6.07, 6.45) is 8.40. The van der Waals surface area contributed by atoms with Crippen molar-refractivity contribution in [3.63, 3.8) is 0 Å². The maximum Gasteiger partial charge on any atom is 0.349 e. The van der Waals surface area contributed by atoms with Gasteiger partial charge in [-0.25, -0.2) is 9.18 Å². The van der Waals surface area contributed by atoms with Gasteiger partial charge in [-0.2, -0.15) is 4.99 Å². The van der Waals surface area contributed by atoms with E-state index in [4.69, 9.17) is 10.5 Å². The summed E-state index contributed by atoms with van der Waals surface area (Å²) in [4.78, 5) is 19.9. The van der Waals surface area contributed by atoms with Crippen molar-refractivity contribution >= 4 is 12.4 Å². The Balaban J connectivity index is 0.00000174. The summed E-state index contributed by atoms with van der Waals surface area (Å²) in [5.74, 6) is 0.877. The number of likely N-dealkylation sites (tertiary alicyclic amines) is 1.